The van der Waals surface area contributed by atoms with Crippen LogP contribution in [0.4, 0.5) is 21.9 Å². The van der Waals surface area contributed by atoms with Crippen LogP contribution in [0.15, 0.2) is 66.7 Å². The molecule has 0 atom stereocenters. The molecule has 182 valence electrons. The molecule has 3 aromatic rings. The van der Waals surface area contributed by atoms with Crippen LogP contribution in [0.1, 0.15) is 42.5 Å². The van der Waals surface area contributed by atoms with Crippen molar-refractivity contribution >= 4 is 23.1 Å². The first-order chi connectivity index (χ1) is 17.0. The van der Waals surface area contributed by atoms with Gasteiger partial charge in [-0.15, -0.1) is 0 Å². The molecule has 1 aliphatic rings. The zero-order valence-corrected chi connectivity index (χ0v) is 20.9. The van der Waals surface area contributed by atoms with Gasteiger partial charge >= 0.3 is 6.03 Å². The van der Waals surface area contributed by atoms with Gasteiger partial charge in [0, 0.05) is 19.6 Å². The van der Waals surface area contributed by atoms with Gasteiger partial charge in [0.2, 0.25) is 0 Å². The first kappa shape index (κ1) is 24.8. The number of amides is 2. The summed E-state index contributed by atoms with van der Waals surface area (Å²) in [6.07, 6.45) is 3.31. The fourth-order valence-electron chi connectivity index (χ4n) is 4.77. The number of nitrogens with two attached hydrogens (primary N) is 1. The minimum absolute atomic E-state index is 0.0789. The fraction of sp³-hybridized carbons (Fsp3) is 0.333. The Hall–Kier alpha value is -3.31. The Bertz CT molecular complexity index is 1140. The molecular formula is C30H36N4O. The van der Waals surface area contributed by atoms with Crippen molar-refractivity contribution in [2.75, 3.05) is 36.8 Å². The molecule has 0 aromatic heterocycles. The summed E-state index contributed by atoms with van der Waals surface area (Å²) in [6, 6.07) is 21.7. The maximum Gasteiger partial charge on any atom is 0.329 e. The molecule has 3 aromatic carbocycles. The second-order valence-electron chi connectivity index (χ2n) is 9.17. The highest BCUT2D eigenvalue weighted by atomic mass is 16.2. The van der Waals surface area contributed by atoms with E-state index >= 15 is 0 Å². The molecule has 0 saturated heterocycles. The van der Waals surface area contributed by atoms with E-state index in [9.17, 15) is 4.79 Å². The highest BCUT2D eigenvalue weighted by molar-refractivity contribution is 6.02. The van der Waals surface area contributed by atoms with Crippen molar-refractivity contribution in [3.05, 3.63) is 95.9 Å². The first-order valence-electron chi connectivity index (χ1n) is 12.6. The Labute approximate surface area is 210 Å². The third-order valence-electron chi connectivity index (χ3n) is 6.91. The number of para-hydroxylation sites is 2. The molecule has 35 heavy (non-hydrogen) atoms. The van der Waals surface area contributed by atoms with E-state index in [4.69, 9.17) is 12.7 Å². The van der Waals surface area contributed by atoms with E-state index in [1.54, 1.807) is 4.90 Å². The maximum absolute atomic E-state index is 14.3. The number of hydrogen-bond donors (Lipinski definition) is 1. The third-order valence-corrected chi connectivity index (χ3v) is 6.91. The quantitative estimate of drug-likeness (QED) is 0.397. The SMILES string of the molecule is [CH]c1ccc(CN(CCN(CC)CC)C(=O)N(c2ccc3c(c2)CCC3)c2ccccc2N)cc1. The molecule has 1 aliphatic carbocycles. The zero-order chi connectivity index (χ0) is 24.8. The number of rotatable bonds is 9. The fourth-order valence-corrected chi connectivity index (χ4v) is 4.77. The van der Waals surface area contributed by atoms with Gasteiger partial charge in [-0.25, -0.2) is 4.79 Å². The number of carbonyl (C=O) groups is 1. The predicted molar refractivity (Wildman–Crippen MR) is 145 cm³/mol. The minimum Gasteiger partial charge on any atom is -0.397 e. The average Bonchev–Trinajstić information content (AvgIpc) is 3.34. The molecule has 0 unspecified atom stereocenters. The lowest BCUT2D eigenvalue weighted by atomic mass is 10.1. The normalized spacial score (nSPS) is 12.6. The van der Waals surface area contributed by atoms with E-state index in [1.165, 1.54) is 11.1 Å². The van der Waals surface area contributed by atoms with Gasteiger partial charge in [0.15, 0.2) is 0 Å². The number of benzene rings is 3. The molecule has 2 N–H and O–H groups in total. The summed E-state index contributed by atoms with van der Waals surface area (Å²) in [5, 5.41) is 0. The molecule has 0 heterocycles. The molecule has 2 radical (unpaired) electrons. The number of nitrogen functional groups attached to an aromatic ring is 1. The van der Waals surface area contributed by atoms with Gasteiger partial charge < -0.3 is 15.5 Å². The Balaban J connectivity index is 1.72. The van der Waals surface area contributed by atoms with Crippen molar-refractivity contribution in [3.63, 3.8) is 0 Å². The second-order valence-corrected chi connectivity index (χ2v) is 9.17. The van der Waals surface area contributed by atoms with Gasteiger partial charge in [-0.1, -0.05) is 56.3 Å². The van der Waals surface area contributed by atoms with Gasteiger partial charge in [0.05, 0.1) is 17.1 Å². The van der Waals surface area contributed by atoms with E-state index in [0.29, 0.717) is 30.0 Å². The topological polar surface area (TPSA) is 52.8 Å². The minimum atomic E-state index is -0.0789. The van der Waals surface area contributed by atoms with Crippen LogP contribution in [0.2, 0.25) is 0 Å². The smallest absolute Gasteiger partial charge is 0.329 e. The molecule has 4 rings (SSSR count). The van der Waals surface area contributed by atoms with Crippen molar-refractivity contribution in [2.45, 2.75) is 39.7 Å². The average molecular weight is 469 g/mol. The number of urea groups is 1. The molecular weight excluding hydrogens is 432 g/mol. The molecule has 5 nitrogen and oxygen atoms in total. The van der Waals surface area contributed by atoms with Crippen LogP contribution in [0.25, 0.3) is 0 Å². The van der Waals surface area contributed by atoms with Crippen molar-refractivity contribution in [1.29, 1.82) is 0 Å². The summed E-state index contributed by atoms with van der Waals surface area (Å²) in [6.45, 7) is 14.0. The highest BCUT2D eigenvalue weighted by Gasteiger charge is 2.27. The van der Waals surface area contributed by atoms with Gasteiger partial charge in [0.25, 0.3) is 0 Å². The van der Waals surface area contributed by atoms with E-state index < -0.39 is 0 Å². The summed E-state index contributed by atoms with van der Waals surface area (Å²) < 4.78 is 0. The number of anilines is 3. The third kappa shape index (κ3) is 5.85. The van der Waals surface area contributed by atoms with Crippen LogP contribution in [-0.4, -0.2) is 42.0 Å². The number of fused-ring (bicyclic) bond motifs is 1. The van der Waals surface area contributed by atoms with Crippen LogP contribution in [0, 0.1) is 6.92 Å². The Morgan fingerprint density at radius 2 is 1.63 bits per heavy atom. The number of aryl methyl sites for hydroxylation is 2. The van der Waals surface area contributed by atoms with Gasteiger partial charge in [-0.2, -0.15) is 0 Å². The Morgan fingerprint density at radius 3 is 2.34 bits per heavy atom. The van der Waals surface area contributed by atoms with E-state index in [0.717, 1.165) is 50.1 Å². The number of carbonyl (C=O) groups excluding carboxylic acids is 1. The van der Waals surface area contributed by atoms with E-state index in [-0.39, 0.29) is 6.03 Å². The Kier molecular flexibility index (Phi) is 8.09. The number of nitrogens with zero attached hydrogens (tertiary/aromatic N) is 3. The number of hydrogen-bond acceptors (Lipinski definition) is 3. The van der Waals surface area contributed by atoms with Crippen LogP contribution in [-0.2, 0) is 19.4 Å². The summed E-state index contributed by atoms with van der Waals surface area (Å²) >= 11 is 0. The summed E-state index contributed by atoms with van der Waals surface area (Å²) in [4.78, 5) is 20.3. The van der Waals surface area contributed by atoms with Gasteiger partial charge in [0.1, 0.15) is 0 Å². The summed E-state index contributed by atoms with van der Waals surface area (Å²) in [5.74, 6) is 0. The standard InChI is InChI=1S/C30H36N4O/c1-4-32(5-2)19-20-33(22-24-15-13-23(3)14-16-24)30(35)34(29-12-7-6-11-28(29)31)27-18-17-25-9-8-10-26(25)21-27/h3,6-7,11-18,21H,4-5,8-10,19-20,22,31H2,1-2H3. The van der Waals surface area contributed by atoms with Crippen LogP contribution < -0.4 is 10.6 Å². The zero-order valence-electron chi connectivity index (χ0n) is 20.9. The number of likely N-dealkylation sites (N-methyl/N-ethyl adjacent to an activating group) is 1. The molecule has 2 amide bonds. The van der Waals surface area contributed by atoms with Crippen LogP contribution in [0.5, 0.6) is 0 Å². The molecule has 0 bridgehead atoms. The molecule has 0 aliphatic heterocycles. The Morgan fingerprint density at radius 1 is 0.914 bits per heavy atom. The van der Waals surface area contributed by atoms with E-state index in [1.807, 2.05) is 53.4 Å². The van der Waals surface area contributed by atoms with Crippen molar-refractivity contribution < 1.29 is 4.79 Å². The maximum atomic E-state index is 14.3. The summed E-state index contributed by atoms with van der Waals surface area (Å²) in [5.41, 5.74) is 13.0. The monoisotopic (exact) mass is 468 g/mol. The van der Waals surface area contributed by atoms with Crippen molar-refractivity contribution in [1.82, 2.24) is 9.80 Å². The van der Waals surface area contributed by atoms with Crippen molar-refractivity contribution in [2.24, 2.45) is 0 Å². The van der Waals surface area contributed by atoms with E-state index in [2.05, 4.69) is 36.9 Å². The molecule has 0 saturated carbocycles. The molecule has 0 spiro atoms. The predicted octanol–water partition coefficient (Wildman–Crippen LogP) is 5.92. The lowest BCUT2D eigenvalue weighted by Crippen LogP contribution is -2.44. The summed E-state index contributed by atoms with van der Waals surface area (Å²) in [7, 11) is 0. The van der Waals surface area contributed by atoms with Crippen LogP contribution >= 0.6 is 0 Å². The largest absolute Gasteiger partial charge is 0.397 e. The van der Waals surface area contributed by atoms with Gasteiger partial charge in [-0.3, -0.25) is 4.90 Å². The van der Waals surface area contributed by atoms with Crippen molar-refractivity contribution in [3.8, 4) is 0 Å². The molecule has 0 fully saturated rings. The van der Waals surface area contributed by atoms with Gasteiger partial charge in [-0.05, 0) is 85.8 Å². The van der Waals surface area contributed by atoms with Crippen LogP contribution in [0.3, 0.4) is 0 Å². The second kappa shape index (κ2) is 11.4. The molecule has 5 heteroatoms. The highest BCUT2D eigenvalue weighted by Crippen LogP contribution is 2.35. The lowest BCUT2D eigenvalue weighted by molar-refractivity contribution is 0.190. The first-order valence-corrected chi connectivity index (χ1v) is 12.6. The lowest BCUT2D eigenvalue weighted by Gasteiger charge is -2.33.